The van der Waals surface area contributed by atoms with Crippen LogP contribution >= 0.6 is 0 Å². The molecule has 11 N–H and O–H groups in total. The van der Waals surface area contributed by atoms with E-state index in [1.54, 1.807) is 6.92 Å². The first-order valence-electron chi connectivity index (χ1n) is 11.8. The van der Waals surface area contributed by atoms with E-state index in [9.17, 15) is 47.9 Å². The number of hydrogen-bond donors (Lipinski definition) is 10. The number of carboxylic acids is 9. The van der Waals surface area contributed by atoms with Crippen LogP contribution in [0.5, 0.6) is 0 Å². The standard InChI is InChI=1S/C3H7NO2.9C3H4O2/c1-2-6-3(4)5;9*1-2-3(4)5/h2H2,1H3,(H2,4,5);9*2H,1H2,(H,4,5). The van der Waals surface area contributed by atoms with Crippen molar-refractivity contribution in [1.82, 2.24) is 0 Å². The lowest BCUT2D eigenvalue weighted by Gasteiger charge is -1.89. The summed E-state index contributed by atoms with van der Waals surface area (Å²) in [6, 6.07) is 0. The fraction of sp³-hybridized carbons (Fsp3) is 0.0667. The monoisotopic (exact) mass is 737 g/mol. The molecule has 0 aromatic heterocycles. The number of carbonyl (C=O) groups is 10. The zero-order chi connectivity index (χ0) is 43.6. The average Bonchev–Trinajstić information content (AvgIpc) is 3.06. The molecule has 0 spiro atoms. The van der Waals surface area contributed by atoms with Crippen molar-refractivity contribution in [2.75, 3.05) is 6.61 Å². The van der Waals surface area contributed by atoms with E-state index < -0.39 is 59.8 Å². The lowest BCUT2D eigenvalue weighted by Crippen LogP contribution is -2.11. The highest BCUT2D eigenvalue weighted by molar-refractivity contribution is 5.81. The number of carbonyl (C=O) groups excluding carboxylic acids is 1. The summed E-state index contributed by atoms with van der Waals surface area (Å²) in [6.45, 7) is 28.7. The molecule has 0 aliphatic heterocycles. The first-order valence-corrected chi connectivity index (χ1v) is 11.8. The molecule has 0 saturated heterocycles. The second-order valence-corrected chi connectivity index (χ2v) is 5.63. The molecule has 0 radical (unpaired) electrons. The molecular weight excluding hydrogens is 694 g/mol. The summed E-state index contributed by atoms with van der Waals surface area (Å²) >= 11 is 0. The Balaban J connectivity index is -0.0000000458. The van der Waals surface area contributed by atoms with E-state index in [1.165, 1.54) is 0 Å². The minimum Gasteiger partial charge on any atom is -0.478 e. The van der Waals surface area contributed by atoms with Crippen LogP contribution in [0.25, 0.3) is 0 Å². The first kappa shape index (κ1) is 69.8. The van der Waals surface area contributed by atoms with Crippen LogP contribution in [0.1, 0.15) is 6.92 Å². The van der Waals surface area contributed by atoms with Crippen LogP contribution in [0, 0.1) is 0 Å². The Kier molecular flexibility index (Phi) is 88.9. The number of amides is 1. The summed E-state index contributed by atoms with van der Waals surface area (Å²) < 4.78 is 4.18. The lowest BCUT2D eigenvalue weighted by atomic mass is 10.7. The Hall–Kier alpha value is -7.84. The highest BCUT2D eigenvalue weighted by Crippen LogP contribution is 1.66. The van der Waals surface area contributed by atoms with E-state index in [1.807, 2.05) is 0 Å². The van der Waals surface area contributed by atoms with Gasteiger partial charge in [0.1, 0.15) is 0 Å². The molecule has 0 rings (SSSR count). The van der Waals surface area contributed by atoms with Crippen LogP contribution in [0.3, 0.4) is 0 Å². The summed E-state index contributed by atoms with van der Waals surface area (Å²) in [5.74, 6) is -8.83. The smallest absolute Gasteiger partial charge is 0.404 e. The third kappa shape index (κ3) is 393. The fourth-order valence-electron chi connectivity index (χ4n) is 0.142. The Morgan fingerprint density at radius 1 is 0.373 bits per heavy atom. The van der Waals surface area contributed by atoms with E-state index in [2.05, 4.69) is 69.7 Å². The van der Waals surface area contributed by atoms with Crippen LogP contribution in [-0.4, -0.2) is 112 Å². The molecule has 288 valence electrons. The molecule has 1 amide bonds. The summed E-state index contributed by atoms with van der Waals surface area (Å²) in [5, 5.41) is 68.4. The molecule has 0 aromatic rings. The summed E-state index contributed by atoms with van der Waals surface area (Å²) in [7, 11) is 0. The zero-order valence-electron chi connectivity index (χ0n) is 27.4. The molecule has 0 atom stereocenters. The molecule has 21 nitrogen and oxygen atoms in total. The first-order chi connectivity index (χ1) is 23.2. The van der Waals surface area contributed by atoms with Crippen LogP contribution < -0.4 is 5.73 Å². The van der Waals surface area contributed by atoms with Gasteiger partial charge in [-0.2, -0.15) is 0 Å². The van der Waals surface area contributed by atoms with Crippen molar-refractivity contribution in [3.63, 3.8) is 0 Å². The Labute approximate surface area is 291 Å². The molecule has 0 saturated carbocycles. The molecule has 0 aliphatic rings. The van der Waals surface area contributed by atoms with Crippen molar-refractivity contribution < 1.29 is 98.6 Å². The van der Waals surface area contributed by atoms with Gasteiger partial charge in [-0.25, -0.2) is 47.9 Å². The quantitative estimate of drug-likeness (QED) is 0.144. The predicted molar refractivity (Wildman–Crippen MR) is 182 cm³/mol. The summed E-state index contributed by atoms with van der Waals surface area (Å²) in [5.41, 5.74) is 4.54. The number of primary amides is 1. The largest absolute Gasteiger partial charge is 0.478 e. The van der Waals surface area contributed by atoms with Crippen molar-refractivity contribution in [2.45, 2.75) is 6.92 Å². The topological polar surface area (TPSA) is 388 Å². The van der Waals surface area contributed by atoms with Crippen molar-refractivity contribution in [2.24, 2.45) is 5.73 Å². The number of hydrogen-bond acceptors (Lipinski definition) is 11. The van der Waals surface area contributed by atoms with Gasteiger partial charge in [-0.1, -0.05) is 59.2 Å². The number of nitrogens with two attached hydrogens (primary N) is 1. The van der Waals surface area contributed by atoms with Gasteiger partial charge in [0, 0.05) is 54.7 Å². The number of ether oxygens (including phenoxy) is 1. The molecule has 21 heteroatoms. The maximum absolute atomic E-state index is 9.60. The number of aliphatic carboxylic acids is 9. The van der Waals surface area contributed by atoms with Gasteiger partial charge in [-0.05, 0) is 6.92 Å². The Morgan fingerprint density at radius 2 is 0.451 bits per heavy atom. The Bertz CT molecular complexity index is 894. The third-order valence-corrected chi connectivity index (χ3v) is 1.86. The Morgan fingerprint density at radius 3 is 0.451 bits per heavy atom. The minimum absolute atomic E-state index is 0.356. The van der Waals surface area contributed by atoms with Gasteiger partial charge in [0.05, 0.1) is 6.61 Å². The van der Waals surface area contributed by atoms with Crippen molar-refractivity contribution in [3.8, 4) is 0 Å². The molecule has 51 heavy (non-hydrogen) atoms. The third-order valence-electron chi connectivity index (χ3n) is 1.86. The summed E-state index contributed by atoms with van der Waals surface area (Å²) in [4.78, 5) is 92.8. The van der Waals surface area contributed by atoms with E-state index >= 15 is 0 Å². The molecule has 0 bridgehead atoms. The van der Waals surface area contributed by atoms with E-state index in [0.29, 0.717) is 6.61 Å². The van der Waals surface area contributed by atoms with E-state index in [-0.39, 0.29) is 0 Å². The second kappa shape index (κ2) is 65.0. The predicted octanol–water partition coefficient (Wildman–Crippen LogP) is 2.41. The molecular formula is C30H43NO20. The van der Waals surface area contributed by atoms with E-state index in [0.717, 1.165) is 54.7 Å². The van der Waals surface area contributed by atoms with Gasteiger partial charge in [-0.3, -0.25) is 0 Å². The molecule has 0 unspecified atom stereocenters. The minimum atomic E-state index is -0.981. The van der Waals surface area contributed by atoms with Crippen LogP contribution in [0.4, 0.5) is 4.79 Å². The average molecular weight is 738 g/mol. The lowest BCUT2D eigenvalue weighted by molar-refractivity contribution is -0.132. The zero-order valence-corrected chi connectivity index (χ0v) is 27.4. The molecule has 0 fully saturated rings. The molecule has 0 aromatic carbocycles. The van der Waals surface area contributed by atoms with Gasteiger partial charge >= 0.3 is 59.8 Å². The van der Waals surface area contributed by atoms with Crippen LogP contribution in [0.2, 0.25) is 0 Å². The van der Waals surface area contributed by atoms with Crippen molar-refractivity contribution >= 4 is 59.8 Å². The number of carboxylic acid groups (broad SMARTS) is 9. The van der Waals surface area contributed by atoms with Gasteiger partial charge < -0.3 is 56.4 Å². The highest BCUT2D eigenvalue weighted by Gasteiger charge is 1.82. The summed E-state index contributed by atoms with van der Waals surface area (Å²) in [6.07, 6.45) is 6.79. The van der Waals surface area contributed by atoms with Gasteiger partial charge in [0.2, 0.25) is 0 Å². The highest BCUT2D eigenvalue weighted by atomic mass is 16.5. The van der Waals surface area contributed by atoms with Crippen molar-refractivity contribution in [1.29, 1.82) is 0 Å². The van der Waals surface area contributed by atoms with Crippen molar-refractivity contribution in [3.05, 3.63) is 114 Å². The normalized spacial score (nSPS) is 6.53. The number of rotatable bonds is 10. The fourth-order valence-corrected chi connectivity index (χ4v) is 0.142. The maximum Gasteiger partial charge on any atom is 0.404 e. The van der Waals surface area contributed by atoms with E-state index in [4.69, 9.17) is 46.0 Å². The molecule has 0 heterocycles. The second-order valence-electron chi connectivity index (χ2n) is 5.63. The maximum atomic E-state index is 9.60. The molecule has 0 aliphatic carbocycles. The SMILES string of the molecule is C=CC(=O)O.C=CC(=O)O.C=CC(=O)O.C=CC(=O)O.C=CC(=O)O.C=CC(=O)O.C=CC(=O)O.C=CC(=O)O.C=CC(=O)O.CCOC(N)=O. The van der Waals surface area contributed by atoms with Gasteiger partial charge in [-0.15, -0.1) is 0 Å². The van der Waals surface area contributed by atoms with Gasteiger partial charge in [0.15, 0.2) is 0 Å². The van der Waals surface area contributed by atoms with Gasteiger partial charge in [0.25, 0.3) is 0 Å². The van der Waals surface area contributed by atoms with Crippen LogP contribution in [-0.2, 0) is 47.9 Å². The van der Waals surface area contributed by atoms with Crippen LogP contribution in [0.15, 0.2) is 114 Å².